The summed E-state index contributed by atoms with van der Waals surface area (Å²) in [4.78, 5) is 57.3. The molecule has 0 amide bonds. The van der Waals surface area contributed by atoms with Crippen LogP contribution in [0, 0.1) is 0 Å². The number of pyridine rings is 8. The van der Waals surface area contributed by atoms with Crippen LogP contribution in [0.1, 0.15) is 22.8 Å². The van der Waals surface area contributed by atoms with Crippen LogP contribution in [0.5, 0.6) is 0 Å². The SMILES string of the molecule is C1=Cc2nc1c(-c1cccc(-c3ccc(-c4ccccn4)nc3)c1)c1ccc([nH]1)c(-c1cccc(-c3ccc(-c4ccccn4)nc3)c1)c1nc(c(-c3cccc(-c4ccc(-c5ccccn5)nc4)c3)c3ccc([nH]3)c2-c2cccc(-c3ccc(-c4ccccn4)nc3)c2)C=C1. The monoisotopic (exact) mass is 1230 g/mol. The van der Waals surface area contributed by atoms with Crippen molar-refractivity contribution in [3.63, 3.8) is 0 Å². The van der Waals surface area contributed by atoms with Gasteiger partial charge in [0.1, 0.15) is 0 Å². The average molecular weight is 1230 g/mol. The van der Waals surface area contributed by atoms with Gasteiger partial charge in [-0.25, -0.2) is 9.97 Å². The normalized spacial score (nSPS) is 11.7. The first-order chi connectivity index (χ1) is 47.5. The largest absolute Gasteiger partial charge is 0.354 e. The molecule has 8 bridgehead atoms. The fourth-order valence-electron chi connectivity index (χ4n) is 12.8. The molecule has 0 spiro atoms. The smallest absolute Gasteiger partial charge is 0.0886 e. The average Bonchev–Trinajstić information content (AvgIpc) is 1.71. The topological polar surface area (TPSA) is 160 Å². The van der Waals surface area contributed by atoms with Crippen LogP contribution in [0.3, 0.4) is 0 Å². The Labute approximate surface area is 552 Å². The lowest BCUT2D eigenvalue weighted by Gasteiger charge is -2.10. The van der Waals surface area contributed by atoms with Gasteiger partial charge >= 0.3 is 0 Å². The number of hydrogen-bond acceptors (Lipinski definition) is 10. The predicted octanol–water partition coefficient (Wildman–Crippen LogP) is 19.8. The third kappa shape index (κ3) is 11.1. The highest BCUT2D eigenvalue weighted by Gasteiger charge is 2.21. The minimum Gasteiger partial charge on any atom is -0.354 e. The summed E-state index contributed by atoms with van der Waals surface area (Å²) in [5, 5.41) is 0. The number of nitrogens with one attached hydrogen (secondary N) is 2. The van der Waals surface area contributed by atoms with Crippen LogP contribution >= 0.6 is 0 Å². The molecule has 12 heteroatoms. The number of benzene rings is 4. The number of fused-ring (bicyclic) bond motifs is 8. The number of hydrogen-bond donors (Lipinski definition) is 2. The summed E-state index contributed by atoms with van der Waals surface area (Å²) >= 11 is 0. The molecule has 96 heavy (non-hydrogen) atoms. The molecule has 0 saturated carbocycles. The molecule has 450 valence electrons. The lowest BCUT2D eigenvalue weighted by molar-refractivity contribution is 1.25. The Morgan fingerprint density at radius 3 is 0.646 bits per heavy atom. The maximum atomic E-state index is 5.73. The summed E-state index contributed by atoms with van der Waals surface area (Å²) < 4.78 is 0. The van der Waals surface area contributed by atoms with Gasteiger partial charge in [0.2, 0.25) is 0 Å². The van der Waals surface area contributed by atoms with Gasteiger partial charge < -0.3 is 9.97 Å². The number of rotatable bonds is 12. The van der Waals surface area contributed by atoms with Crippen LogP contribution in [0.4, 0.5) is 0 Å². The van der Waals surface area contributed by atoms with Crippen molar-refractivity contribution < 1.29 is 0 Å². The van der Waals surface area contributed by atoms with Crippen molar-refractivity contribution in [2.24, 2.45) is 0 Å². The zero-order valence-electron chi connectivity index (χ0n) is 51.5. The van der Waals surface area contributed by atoms with Crippen molar-refractivity contribution in [3.8, 4) is 135 Å². The Kier molecular flexibility index (Phi) is 14.6. The minimum atomic E-state index is 0.784. The molecule has 0 atom stereocenters. The maximum Gasteiger partial charge on any atom is 0.0886 e. The zero-order valence-corrected chi connectivity index (χ0v) is 51.5. The van der Waals surface area contributed by atoms with E-state index in [9.17, 15) is 0 Å². The highest BCUT2D eigenvalue weighted by Crippen LogP contribution is 2.42. The van der Waals surface area contributed by atoms with Gasteiger partial charge in [-0.05, 0) is 190 Å². The summed E-state index contributed by atoms with van der Waals surface area (Å²) in [6.07, 6.45) is 23.4. The van der Waals surface area contributed by atoms with Crippen LogP contribution in [0.25, 0.3) is 181 Å². The van der Waals surface area contributed by atoms with E-state index in [0.29, 0.717) is 0 Å². The minimum absolute atomic E-state index is 0.784. The molecule has 4 aromatic carbocycles. The van der Waals surface area contributed by atoms with E-state index < -0.39 is 0 Å². The van der Waals surface area contributed by atoms with Gasteiger partial charge in [0.25, 0.3) is 0 Å². The zero-order chi connectivity index (χ0) is 63.7. The van der Waals surface area contributed by atoms with E-state index in [0.717, 1.165) is 179 Å². The lowest BCUT2D eigenvalue weighted by Crippen LogP contribution is -1.91. The quantitative estimate of drug-likeness (QED) is 0.120. The Morgan fingerprint density at radius 2 is 0.427 bits per heavy atom. The second-order valence-corrected chi connectivity index (χ2v) is 23.4. The number of nitrogens with zero attached hydrogens (tertiary/aromatic N) is 10. The summed E-state index contributed by atoms with van der Waals surface area (Å²) in [6.45, 7) is 0. The van der Waals surface area contributed by atoms with E-state index in [1.807, 2.05) is 122 Å². The molecule has 2 aliphatic heterocycles. The first-order valence-electron chi connectivity index (χ1n) is 31.6. The molecule has 15 aromatic rings. The van der Waals surface area contributed by atoms with E-state index in [2.05, 4.69) is 200 Å². The molecule has 0 fully saturated rings. The molecular formula is C84H54N12. The van der Waals surface area contributed by atoms with Crippen molar-refractivity contribution in [1.29, 1.82) is 0 Å². The predicted molar refractivity (Wildman–Crippen MR) is 386 cm³/mol. The van der Waals surface area contributed by atoms with Crippen LogP contribution in [0.2, 0.25) is 0 Å². The van der Waals surface area contributed by atoms with E-state index >= 15 is 0 Å². The van der Waals surface area contributed by atoms with Crippen molar-refractivity contribution in [1.82, 2.24) is 59.8 Å². The molecule has 2 N–H and O–H groups in total. The maximum absolute atomic E-state index is 5.73. The van der Waals surface area contributed by atoms with Gasteiger partial charge in [0.15, 0.2) is 0 Å². The summed E-state index contributed by atoms with van der Waals surface area (Å²) in [6, 6.07) is 83.2. The van der Waals surface area contributed by atoms with Crippen LogP contribution in [-0.2, 0) is 0 Å². The van der Waals surface area contributed by atoms with Crippen molar-refractivity contribution in [2.75, 3.05) is 0 Å². The van der Waals surface area contributed by atoms with E-state index in [4.69, 9.17) is 29.9 Å². The number of H-pyrrole nitrogens is 2. The Balaban J connectivity index is 0.896. The molecule has 0 unspecified atom stereocenters. The molecule has 0 aliphatic carbocycles. The standard InChI is InChI=1S/C84H54N12/c1-5-41-85-65(21-1)69-29-25-61(49-89-69)53-13-9-17-57(45-53)81-73-33-35-75(93-73)82(58-18-10-14-54(46-58)62-26-30-70(90-50-62)66-22-2-6-42-86-66)77-37-39-79(95-77)84(60-20-12-16-56(48-60)64-28-32-72(92-52-64)68-24-4-8-44-88-68)80-40-38-78(96-80)83(76-36-34-74(81)94-76)59-19-11-15-55(47-59)63-27-31-71(91-51-63)67-23-3-7-43-87-67/h1-52,93,96H. The van der Waals surface area contributed by atoms with Gasteiger partial charge in [0, 0.05) is 116 Å². The second kappa shape index (κ2) is 24.7. The molecule has 0 saturated heterocycles. The van der Waals surface area contributed by atoms with Crippen LogP contribution in [-0.4, -0.2) is 59.8 Å². The third-order valence-corrected chi connectivity index (χ3v) is 17.5. The van der Waals surface area contributed by atoms with Crippen molar-refractivity contribution >= 4 is 46.4 Å². The van der Waals surface area contributed by atoms with Gasteiger partial charge in [-0.3, -0.25) is 39.9 Å². The molecular weight excluding hydrogens is 1180 g/mol. The molecule has 17 rings (SSSR count). The fraction of sp³-hybridized carbons (Fsp3) is 0. The Morgan fingerprint density at radius 1 is 0.188 bits per heavy atom. The van der Waals surface area contributed by atoms with Gasteiger partial charge in [-0.1, -0.05) is 121 Å². The highest BCUT2D eigenvalue weighted by molar-refractivity contribution is 6.01. The van der Waals surface area contributed by atoms with Crippen LogP contribution < -0.4 is 0 Å². The van der Waals surface area contributed by atoms with Gasteiger partial charge in [-0.2, -0.15) is 0 Å². The fourth-order valence-corrected chi connectivity index (χ4v) is 12.8. The molecule has 11 aromatic heterocycles. The first kappa shape index (κ1) is 56.6. The van der Waals surface area contributed by atoms with Crippen molar-refractivity contribution in [2.45, 2.75) is 0 Å². The molecule has 12 nitrogen and oxygen atoms in total. The Hall–Kier alpha value is -13.3. The van der Waals surface area contributed by atoms with E-state index in [1.165, 1.54) is 0 Å². The highest BCUT2D eigenvalue weighted by atomic mass is 14.8. The number of aromatic amines is 2. The molecule has 13 heterocycles. The summed E-state index contributed by atoms with van der Waals surface area (Å²) in [7, 11) is 0. The van der Waals surface area contributed by atoms with Gasteiger partial charge in [0.05, 0.1) is 68.3 Å². The number of aromatic nitrogens is 12. The second-order valence-electron chi connectivity index (χ2n) is 23.4. The van der Waals surface area contributed by atoms with E-state index in [-0.39, 0.29) is 0 Å². The summed E-state index contributed by atoms with van der Waals surface area (Å²) in [5.74, 6) is 0. The molecule has 0 radical (unpaired) electrons. The lowest BCUT2D eigenvalue weighted by atomic mass is 9.98. The Bertz CT molecular complexity index is 4960. The first-order valence-corrected chi connectivity index (χ1v) is 31.6. The van der Waals surface area contributed by atoms with Crippen LogP contribution in [0.15, 0.2) is 292 Å². The molecule has 2 aliphatic rings. The van der Waals surface area contributed by atoms with E-state index in [1.54, 1.807) is 24.8 Å². The van der Waals surface area contributed by atoms with Gasteiger partial charge in [-0.15, -0.1) is 0 Å². The summed E-state index contributed by atoms with van der Waals surface area (Å²) in [5.41, 5.74) is 28.5. The van der Waals surface area contributed by atoms with Crippen molar-refractivity contribution in [3.05, 3.63) is 315 Å². The third-order valence-electron chi connectivity index (χ3n) is 17.5.